The maximum atomic E-state index is 10.8. The maximum absolute atomic E-state index is 10.8. The van der Waals surface area contributed by atoms with Crippen molar-refractivity contribution in [1.82, 2.24) is 0 Å². The van der Waals surface area contributed by atoms with Crippen LogP contribution in [0.2, 0.25) is 0 Å². The van der Waals surface area contributed by atoms with Gasteiger partial charge in [0.2, 0.25) is 0 Å². The number of hydrogen-bond donors (Lipinski definition) is 3. The maximum Gasteiger partial charge on any atom is 0.339 e. The molecule has 0 amide bonds. The molecule has 5 nitrogen and oxygen atoms in total. The van der Waals surface area contributed by atoms with Crippen LogP contribution in [0.3, 0.4) is 0 Å². The second-order valence-corrected chi connectivity index (χ2v) is 6.22. The molecule has 134 valence electrons. The molecule has 2 rings (SSSR count). The first-order valence-electron chi connectivity index (χ1n) is 8.05. The number of benzene rings is 2. The smallest absolute Gasteiger partial charge is 0.339 e. The summed E-state index contributed by atoms with van der Waals surface area (Å²) in [6.45, 7) is 6.06. The number of carbonyl (C=O) groups is 2. The van der Waals surface area contributed by atoms with E-state index in [4.69, 9.17) is 15.3 Å². The van der Waals surface area contributed by atoms with Gasteiger partial charge in [-0.25, -0.2) is 4.79 Å². The van der Waals surface area contributed by atoms with Gasteiger partial charge in [-0.1, -0.05) is 50.2 Å². The number of rotatable bonds is 5. The Morgan fingerprint density at radius 3 is 1.88 bits per heavy atom. The molecule has 2 aromatic rings. The summed E-state index contributed by atoms with van der Waals surface area (Å²) in [5.41, 5.74) is 2.07. The summed E-state index contributed by atoms with van der Waals surface area (Å²) in [6, 6.07) is 13.7. The van der Waals surface area contributed by atoms with Gasteiger partial charge in [0.25, 0.3) is 0 Å². The van der Waals surface area contributed by atoms with E-state index in [1.54, 1.807) is 19.1 Å². The average molecular weight is 344 g/mol. The van der Waals surface area contributed by atoms with E-state index < -0.39 is 17.9 Å². The number of aromatic hydroxyl groups is 1. The molecule has 0 aliphatic heterocycles. The minimum Gasteiger partial charge on any atom is -0.507 e. The van der Waals surface area contributed by atoms with E-state index in [2.05, 4.69) is 13.8 Å². The molecular weight excluding hydrogens is 320 g/mol. The minimum atomic E-state index is -1.11. The van der Waals surface area contributed by atoms with Gasteiger partial charge < -0.3 is 15.3 Å². The molecule has 0 spiro atoms. The van der Waals surface area contributed by atoms with Crippen LogP contribution in [0, 0.1) is 5.92 Å². The zero-order valence-corrected chi connectivity index (χ0v) is 14.6. The number of carboxylic acid groups (broad SMARTS) is 2. The summed E-state index contributed by atoms with van der Waals surface area (Å²) in [4.78, 5) is 21.0. The average Bonchev–Trinajstić information content (AvgIpc) is 2.55. The lowest BCUT2D eigenvalue weighted by Crippen LogP contribution is -2.07. The highest BCUT2D eigenvalue weighted by Crippen LogP contribution is 2.17. The Kier molecular flexibility index (Phi) is 7.66. The van der Waals surface area contributed by atoms with E-state index >= 15 is 0 Å². The normalized spacial score (nSPS) is 11.4. The van der Waals surface area contributed by atoms with Crippen LogP contribution in [0.25, 0.3) is 0 Å². The largest absolute Gasteiger partial charge is 0.507 e. The molecule has 0 saturated heterocycles. The molecule has 0 aliphatic carbocycles. The van der Waals surface area contributed by atoms with Crippen molar-refractivity contribution in [1.29, 1.82) is 0 Å². The third-order valence-corrected chi connectivity index (χ3v) is 3.63. The zero-order valence-electron chi connectivity index (χ0n) is 14.6. The molecule has 0 saturated carbocycles. The van der Waals surface area contributed by atoms with Crippen molar-refractivity contribution in [3.63, 3.8) is 0 Å². The topological polar surface area (TPSA) is 94.8 Å². The fourth-order valence-electron chi connectivity index (χ4n) is 2.21. The van der Waals surface area contributed by atoms with Gasteiger partial charge in [0.1, 0.15) is 11.3 Å². The highest BCUT2D eigenvalue weighted by atomic mass is 16.4. The van der Waals surface area contributed by atoms with Gasteiger partial charge in [-0.3, -0.25) is 4.79 Å². The Morgan fingerprint density at radius 1 is 0.920 bits per heavy atom. The van der Waals surface area contributed by atoms with Crippen molar-refractivity contribution >= 4 is 11.9 Å². The van der Waals surface area contributed by atoms with Gasteiger partial charge >= 0.3 is 11.9 Å². The van der Waals surface area contributed by atoms with Crippen molar-refractivity contribution in [2.45, 2.75) is 33.1 Å². The summed E-state index contributed by atoms with van der Waals surface area (Å²) in [5, 5.41) is 26.2. The first kappa shape index (κ1) is 20.2. The van der Waals surface area contributed by atoms with E-state index in [1.165, 1.54) is 17.7 Å². The predicted molar refractivity (Wildman–Crippen MR) is 96.1 cm³/mol. The summed E-state index contributed by atoms with van der Waals surface area (Å²) in [5.74, 6) is -1.87. The van der Waals surface area contributed by atoms with Crippen LogP contribution in [0.1, 0.15) is 48.2 Å². The van der Waals surface area contributed by atoms with E-state index in [0.717, 1.165) is 12.0 Å². The van der Waals surface area contributed by atoms with E-state index in [-0.39, 0.29) is 11.3 Å². The number of aliphatic carboxylic acids is 1. The Labute approximate surface area is 147 Å². The standard InChI is InChI=1S/C13H18O2.C7H6O3/c1-9(2)8-11-4-6-12(7-5-11)10(3)13(14)15;8-6-4-2-1-3-5(6)7(9)10/h4-7,9-10H,8H2,1-3H3,(H,14,15);1-4,8H,(H,9,10)/t10-;/m0./s1. The molecule has 25 heavy (non-hydrogen) atoms. The van der Waals surface area contributed by atoms with Crippen molar-refractivity contribution in [3.8, 4) is 5.75 Å². The molecular formula is C20H24O5. The summed E-state index contributed by atoms with van der Waals surface area (Å²) < 4.78 is 0. The van der Waals surface area contributed by atoms with Crippen LogP contribution in [-0.2, 0) is 11.2 Å². The van der Waals surface area contributed by atoms with Crippen molar-refractivity contribution in [2.75, 3.05) is 0 Å². The van der Waals surface area contributed by atoms with E-state index in [1.807, 2.05) is 24.3 Å². The van der Waals surface area contributed by atoms with Crippen LogP contribution < -0.4 is 0 Å². The van der Waals surface area contributed by atoms with Crippen LogP contribution in [0.4, 0.5) is 0 Å². The first-order valence-corrected chi connectivity index (χ1v) is 8.05. The Hall–Kier alpha value is -2.82. The zero-order chi connectivity index (χ0) is 19.0. The van der Waals surface area contributed by atoms with Gasteiger partial charge in [0.15, 0.2) is 0 Å². The van der Waals surface area contributed by atoms with E-state index in [9.17, 15) is 9.59 Å². The number of hydrogen-bond acceptors (Lipinski definition) is 3. The number of phenols is 1. The predicted octanol–water partition coefficient (Wildman–Crippen LogP) is 4.16. The van der Waals surface area contributed by atoms with Crippen LogP contribution in [0.5, 0.6) is 5.75 Å². The van der Waals surface area contributed by atoms with Crippen molar-refractivity contribution < 1.29 is 24.9 Å². The van der Waals surface area contributed by atoms with Crippen LogP contribution >= 0.6 is 0 Å². The summed E-state index contributed by atoms with van der Waals surface area (Å²) in [6.07, 6.45) is 1.04. The molecule has 0 heterocycles. The lowest BCUT2D eigenvalue weighted by Gasteiger charge is -2.09. The van der Waals surface area contributed by atoms with Crippen molar-refractivity contribution in [3.05, 3.63) is 65.2 Å². The van der Waals surface area contributed by atoms with Gasteiger partial charge in [-0.2, -0.15) is 0 Å². The number of aromatic carboxylic acids is 1. The first-order chi connectivity index (χ1) is 11.7. The van der Waals surface area contributed by atoms with Crippen LogP contribution in [0.15, 0.2) is 48.5 Å². The minimum absolute atomic E-state index is 0.0671. The quantitative estimate of drug-likeness (QED) is 0.757. The molecule has 0 unspecified atom stereocenters. The number of para-hydroxylation sites is 1. The third kappa shape index (κ3) is 6.67. The monoisotopic (exact) mass is 344 g/mol. The SMILES string of the molecule is CC(C)Cc1ccc([C@H](C)C(=O)O)cc1.O=C(O)c1ccccc1O. The second kappa shape index (κ2) is 9.47. The fraction of sp³-hybridized carbons (Fsp3) is 0.300. The Balaban J connectivity index is 0.000000271. The molecule has 0 fully saturated rings. The van der Waals surface area contributed by atoms with E-state index in [0.29, 0.717) is 5.92 Å². The highest BCUT2D eigenvalue weighted by molar-refractivity contribution is 5.90. The lowest BCUT2D eigenvalue weighted by molar-refractivity contribution is -0.138. The van der Waals surface area contributed by atoms with Gasteiger partial charge in [-0.15, -0.1) is 0 Å². The molecule has 2 aromatic carbocycles. The Bertz CT molecular complexity index is 704. The molecule has 3 N–H and O–H groups in total. The molecule has 0 aromatic heterocycles. The highest BCUT2D eigenvalue weighted by Gasteiger charge is 2.12. The van der Waals surface area contributed by atoms with Crippen molar-refractivity contribution in [2.24, 2.45) is 5.92 Å². The van der Waals surface area contributed by atoms with Gasteiger partial charge in [0.05, 0.1) is 5.92 Å². The fourth-order valence-corrected chi connectivity index (χ4v) is 2.21. The third-order valence-electron chi connectivity index (χ3n) is 3.63. The van der Waals surface area contributed by atoms with Crippen LogP contribution in [-0.4, -0.2) is 27.3 Å². The lowest BCUT2D eigenvalue weighted by atomic mass is 9.97. The molecule has 0 bridgehead atoms. The molecule has 0 radical (unpaired) electrons. The second-order valence-electron chi connectivity index (χ2n) is 6.22. The summed E-state index contributed by atoms with van der Waals surface area (Å²) in [7, 11) is 0. The molecule has 0 aliphatic rings. The van der Waals surface area contributed by atoms with Gasteiger partial charge in [0, 0.05) is 0 Å². The molecule has 1 atom stereocenters. The number of carboxylic acids is 2. The van der Waals surface area contributed by atoms with Gasteiger partial charge in [-0.05, 0) is 42.5 Å². The molecule has 5 heteroatoms. The Morgan fingerprint density at radius 2 is 1.48 bits per heavy atom. The summed E-state index contributed by atoms with van der Waals surface area (Å²) >= 11 is 0.